The minimum absolute atomic E-state index is 0.0836. The van der Waals surface area contributed by atoms with Gasteiger partial charge >= 0.3 is 0 Å². The molecule has 2 N–H and O–H groups in total. The molecule has 3 aliphatic heterocycles. The minimum Gasteiger partial charge on any atom is -0.486 e. The van der Waals surface area contributed by atoms with Crippen LogP contribution in [0.5, 0.6) is 11.5 Å². The third-order valence-electron chi connectivity index (χ3n) is 5.73. The molecule has 3 atom stereocenters. The Bertz CT molecular complexity index is 1080. The van der Waals surface area contributed by atoms with Gasteiger partial charge in [0.05, 0.1) is 25.5 Å². The van der Waals surface area contributed by atoms with Crippen molar-refractivity contribution in [1.29, 1.82) is 0 Å². The summed E-state index contributed by atoms with van der Waals surface area (Å²) in [7, 11) is 0. The zero-order valence-electron chi connectivity index (χ0n) is 18.7. The van der Waals surface area contributed by atoms with E-state index in [0.29, 0.717) is 68.1 Å². The van der Waals surface area contributed by atoms with Gasteiger partial charge in [-0.1, -0.05) is 11.2 Å². The minimum atomic E-state index is -0.322. The zero-order valence-corrected chi connectivity index (χ0v) is 18.7. The van der Waals surface area contributed by atoms with E-state index in [2.05, 4.69) is 20.4 Å². The van der Waals surface area contributed by atoms with E-state index in [1.165, 1.54) is 0 Å². The van der Waals surface area contributed by atoms with Crippen LogP contribution in [-0.2, 0) is 20.9 Å². The molecule has 0 aliphatic carbocycles. The van der Waals surface area contributed by atoms with E-state index in [-0.39, 0.29) is 36.5 Å². The van der Waals surface area contributed by atoms with Gasteiger partial charge in [0.2, 0.25) is 0 Å². The molecule has 1 amide bonds. The lowest BCUT2D eigenvalue weighted by atomic mass is 10.0. The lowest BCUT2D eigenvalue weighted by Crippen LogP contribution is -2.43. The number of aliphatic hydroxyl groups is 1. The maximum atomic E-state index is 12.8. The highest BCUT2D eigenvalue weighted by atomic mass is 16.7. The van der Waals surface area contributed by atoms with Gasteiger partial charge in [0.15, 0.2) is 17.6 Å². The van der Waals surface area contributed by atoms with Crippen LogP contribution in [0.3, 0.4) is 0 Å². The van der Waals surface area contributed by atoms with Crippen LogP contribution in [0.1, 0.15) is 34.0 Å². The maximum Gasteiger partial charge on any atom is 0.270 e. The van der Waals surface area contributed by atoms with Gasteiger partial charge in [-0.3, -0.25) is 4.79 Å². The molecule has 0 spiro atoms. The van der Waals surface area contributed by atoms with Crippen LogP contribution in [0.2, 0.25) is 0 Å². The number of ether oxygens (including phenoxy) is 4. The van der Waals surface area contributed by atoms with Crippen LogP contribution in [0.4, 0.5) is 0 Å². The first-order valence-corrected chi connectivity index (χ1v) is 11.2. The highest BCUT2D eigenvalue weighted by molar-refractivity contribution is 6.02. The summed E-state index contributed by atoms with van der Waals surface area (Å²) in [6, 6.07) is 7.18. The van der Waals surface area contributed by atoms with Gasteiger partial charge in [-0.25, -0.2) is 9.97 Å². The Hall–Kier alpha value is -3.28. The molecule has 1 saturated heterocycles. The van der Waals surface area contributed by atoms with Crippen LogP contribution < -0.4 is 14.8 Å². The van der Waals surface area contributed by atoms with E-state index >= 15 is 0 Å². The van der Waals surface area contributed by atoms with Gasteiger partial charge in [0, 0.05) is 13.0 Å². The van der Waals surface area contributed by atoms with Crippen molar-refractivity contribution in [1.82, 2.24) is 15.3 Å². The summed E-state index contributed by atoms with van der Waals surface area (Å²) in [6.45, 7) is 3.60. The molecule has 0 radical (unpaired) electrons. The molecular weight excluding hydrogens is 444 g/mol. The summed E-state index contributed by atoms with van der Waals surface area (Å²) in [5, 5.41) is 16.2. The van der Waals surface area contributed by atoms with Gasteiger partial charge in [-0.15, -0.1) is 0 Å². The lowest BCUT2D eigenvalue weighted by Gasteiger charge is -2.30. The van der Waals surface area contributed by atoms with Gasteiger partial charge in [-0.05, 0) is 30.7 Å². The summed E-state index contributed by atoms with van der Waals surface area (Å²) >= 11 is 0. The molecule has 1 unspecified atom stereocenters. The fraction of sp³-hybridized carbons (Fsp3) is 0.478. The fourth-order valence-electron chi connectivity index (χ4n) is 3.93. The van der Waals surface area contributed by atoms with E-state index < -0.39 is 0 Å². The van der Waals surface area contributed by atoms with E-state index in [0.717, 1.165) is 5.56 Å². The summed E-state index contributed by atoms with van der Waals surface area (Å²) in [5.74, 6) is 1.51. The number of benzene rings is 1. The average molecular weight is 470 g/mol. The molecule has 34 heavy (non-hydrogen) atoms. The third kappa shape index (κ3) is 4.96. The second-order valence-corrected chi connectivity index (χ2v) is 8.24. The number of rotatable bonds is 6. The number of fused-ring (bicyclic) bond motifs is 1. The Morgan fingerprint density at radius 3 is 2.74 bits per heavy atom. The Balaban J connectivity index is 1.21. The Morgan fingerprint density at radius 2 is 1.94 bits per heavy atom. The van der Waals surface area contributed by atoms with Crippen molar-refractivity contribution < 1.29 is 33.7 Å². The number of oxime groups is 1. The van der Waals surface area contributed by atoms with Crippen molar-refractivity contribution in [3.05, 3.63) is 47.0 Å². The number of carbonyl (C=O) groups is 1. The normalized spacial score (nSPS) is 23.7. The number of nitrogens with one attached hydrogen (secondary N) is 1. The molecule has 11 heteroatoms. The molecule has 11 nitrogen and oxygen atoms in total. The van der Waals surface area contributed by atoms with Crippen LogP contribution in [0, 0.1) is 6.92 Å². The highest BCUT2D eigenvalue weighted by Crippen LogP contribution is 2.30. The zero-order chi connectivity index (χ0) is 23.5. The van der Waals surface area contributed by atoms with Gasteiger partial charge in [0.1, 0.15) is 42.7 Å². The number of carbonyl (C=O) groups excluding carboxylic acids is 1. The molecule has 0 bridgehead atoms. The molecule has 1 fully saturated rings. The summed E-state index contributed by atoms with van der Waals surface area (Å²) in [5.41, 5.74) is 2.28. The number of aliphatic hydroxyl groups excluding tert-OH is 1. The monoisotopic (exact) mass is 470 g/mol. The third-order valence-corrected chi connectivity index (χ3v) is 5.73. The van der Waals surface area contributed by atoms with E-state index in [4.69, 9.17) is 28.9 Å². The number of aromatic nitrogens is 2. The molecule has 4 heterocycles. The summed E-state index contributed by atoms with van der Waals surface area (Å²) in [6.07, 6.45) is -0.462. The van der Waals surface area contributed by atoms with Crippen molar-refractivity contribution in [2.45, 2.75) is 38.2 Å². The lowest BCUT2D eigenvalue weighted by molar-refractivity contribution is -0.178. The first kappa shape index (κ1) is 22.5. The Labute approximate surface area is 196 Å². The van der Waals surface area contributed by atoms with Crippen molar-refractivity contribution in [2.75, 3.05) is 33.0 Å². The Morgan fingerprint density at radius 1 is 1.09 bits per heavy atom. The molecule has 1 aromatic heterocycles. The molecule has 3 aliphatic rings. The molecule has 0 saturated carbocycles. The molecule has 2 aromatic rings. The predicted octanol–water partition coefficient (Wildman–Crippen LogP) is 0.756. The molecule has 1 aromatic carbocycles. The SMILES string of the molecule is Cc1nc(C(=O)NCc2ccc3c(c2)OCCO3)cc(C2=NO[C@H](C3CO[C@H](CO)CO3)C2)n1. The van der Waals surface area contributed by atoms with E-state index in [1.807, 2.05) is 18.2 Å². The molecular formula is C23H26N4O7. The Kier molecular flexibility index (Phi) is 6.57. The van der Waals surface area contributed by atoms with Crippen molar-refractivity contribution in [3.63, 3.8) is 0 Å². The average Bonchev–Trinajstić information content (AvgIpc) is 3.37. The van der Waals surface area contributed by atoms with E-state index in [1.54, 1.807) is 13.0 Å². The first-order chi connectivity index (χ1) is 16.6. The number of amides is 1. The van der Waals surface area contributed by atoms with Gasteiger partial charge < -0.3 is 34.2 Å². The largest absolute Gasteiger partial charge is 0.486 e. The van der Waals surface area contributed by atoms with Crippen LogP contribution >= 0.6 is 0 Å². The summed E-state index contributed by atoms with van der Waals surface area (Å²) < 4.78 is 22.4. The highest BCUT2D eigenvalue weighted by Gasteiger charge is 2.35. The quantitative estimate of drug-likeness (QED) is 0.627. The number of aryl methyl sites for hydroxylation is 1. The van der Waals surface area contributed by atoms with Gasteiger partial charge in [-0.2, -0.15) is 0 Å². The van der Waals surface area contributed by atoms with Crippen LogP contribution in [0.25, 0.3) is 0 Å². The fourth-order valence-corrected chi connectivity index (χ4v) is 3.93. The summed E-state index contributed by atoms with van der Waals surface area (Å²) in [4.78, 5) is 27.1. The number of hydrogen-bond acceptors (Lipinski definition) is 10. The number of nitrogens with zero attached hydrogens (tertiary/aromatic N) is 3. The molecule has 180 valence electrons. The second kappa shape index (κ2) is 9.92. The van der Waals surface area contributed by atoms with E-state index in [9.17, 15) is 4.79 Å². The van der Waals surface area contributed by atoms with Crippen molar-refractivity contribution >= 4 is 11.6 Å². The topological polar surface area (TPSA) is 134 Å². The first-order valence-electron chi connectivity index (χ1n) is 11.2. The smallest absolute Gasteiger partial charge is 0.270 e. The second-order valence-electron chi connectivity index (χ2n) is 8.24. The van der Waals surface area contributed by atoms with Crippen molar-refractivity contribution in [2.24, 2.45) is 5.16 Å². The molecule has 5 rings (SSSR count). The van der Waals surface area contributed by atoms with Gasteiger partial charge in [0.25, 0.3) is 5.91 Å². The maximum absolute atomic E-state index is 12.8. The standard InChI is InChI=1S/C23H26N4O7/c1-13-25-16(17-8-21(34-27-17)22-12-32-15(10-28)11-33-22)7-18(26-13)23(29)24-9-14-2-3-19-20(6-14)31-5-4-30-19/h2-3,6-7,15,21-22,28H,4-5,8-12H2,1H3,(H,24,29)/t15-,21+,22?/m1/s1. The van der Waals surface area contributed by atoms with Crippen LogP contribution in [-0.4, -0.2) is 78.0 Å². The number of hydrogen-bond donors (Lipinski definition) is 2. The van der Waals surface area contributed by atoms with Crippen LogP contribution in [0.15, 0.2) is 29.4 Å². The van der Waals surface area contributed by atoms with Crippen molar-refractivity contribution in [3.8, 4) is 11.5 Å². The predicted molar refractivity (Wildman–Crippen MR) is 118 cm³/mol.